The Morgan fingerprint density at radius 2 is 1.96 bits per heavy atom. The molecule has 0 amide bonds. The molecule has 1 unspecified atom stereocenters. The molecule has 1 atom stereocenters. The Labute approximate surface area is 156 Å². The molecule has 2 aromatic carbocycles. The molecule has 1 aliphatic heterocycles. The second kappa shape index (κ2) is 7.87. The van der Waals surface area contributed by atoms with Gasteiger partial charge in [-0.25, -0.2) is 0 Å². The lowest BCUT2D eigenvalue weighted by molar-refractivity contribution is 0.641. The lowest BCUT2D eigenvalue weighted by Gasteiger charge is -2.25. The van der Waals surface area contributed by atoms with Crippen molar-refractivity contribution in [1.29, 1.82) is 0 Å². The van der Waals surface area contributed by atoms with Crippen LogP contribution in [0.15, 0.2) is 42.5 Å². The molecular weight excluding hydrogens is 326 g/mol. The van der Waals surface area contributed by atoms with Gasteiger partial charge < -0.3 is 15.5 Å². The van der Waals surface area contributed by atoms with Gasteiger partial charge in [-0.3, -0.25) is 0 Å². The lowest BCUT2D eigenvalue weighted by atomic mass is 10.1. The molecule has 0 fully saturated rings. The summed E-state index contributed by atoms with van der Waals surface area (Å²) in [6, 6.07) is 15.6. The summed E-state index contributed by atoms with van der Waals surface area (Å²) in [5.74, 6) is 0. The number of rotatable bonds is 5. The summed E-state index contributed by atoms with van der Waals surface area (Å²) in [5, 5.41) is 7.28. The highest BCUT2D eigenvalue weighted by molar-refractivity contribution is 7.80. The summed E-state index contributed by atoms with van der Waals surface area (Å²) < 4.78 is 0. The van der Waals surface area contributed by atoms with Crippen molar-refractivity contribution >= 4 is 28.7 Å². The highest BCUT2D eigenvalue weighted by Crippen LogP contribution is 2.31. The normalized spacial score (nSPS) is 15.8. The number of anilines is 2. The Bertz CT molecular complexity index is 757. The topological polar surface area (TPSA) is 27.3 Å². The van der Waals surface area contributed by atoms with Gasteiger partial charge in [0.1, 0.15) is 0 Å². The van der Waals surface area contributed by atoms with E-state index in [4.69, 9.17) is 12.2 Å². The minimum absolute atomic E-state index is 0.581. The number of aryl methyl sites for hydroxylation is 2. The standard InChI is InChI=1S/C21H27N3S/c1-15-9-10-19(13-16(15)2)23-21(25)22-11-6-12-24-17(3)14-18-7-4-5-8-20(18)24/h4-5,7-10,13,17H,6,11-12,14H2,1-3H3,(H2,22,23,25). The van der Waals surface area contributed by atoms with Crippen molar-refractivity contribution in [1.82, 2.24) is 5.32 Å². The number of hydrogen-bond acceptors (Lipinski definition) is 2. The molecule has 2 N–H and O–H groups in total. The first-order valence-corrected chi connectivity index (χ1v) is 9.42. The van der Waals surface area contributed by atoms with Gasteiger partial charge in [0.05, 0.1) is 0 Å². The van der Waals surface area contributed by atoms with Crippen LogP contribution in [-0.2, 0) is 6.42 Å². The molecule has 132 valence electrons. The minimum atomic E-state index is 0.581. The monoisotopic (exact) mass is 353 g/mol. The second-order valence-corrected chi connectivity index (χ2v) is 7.32. The van der Waals surface area contributed by atoms with Gasteiger partial charge in [0, 0.05) is 30.5 Å². The Hall–Kier alpha value is -2.07. The molecule has 0 bridgehead atoms. The van der Waals surface area contributed by atoms with Gasteiger partial charge in [-0.15, -0.1) is 0 Å². The van der Waals surface area contributed by atoms with Crippen LogP contribution in [0.2, 0.25) is 0 Å². The van der Waals surface area contributed by atoms with E-state index in [1.807, 2.05) is 0 Å². The van der Waals surface area contributed by atoms with Gasteiger partial charge in [-0.05, 0) is 80.7 Å². The van der Waals surface area contributed by atoms with Gasteiger partial charge in [-0.2, -0.15) is 0 Å². The smallest absolute Gasteiger partial charge is 0.170 e. The summed E-state index contributed by atoms with van der Waals surface area (Å²) in [6.07, 6.45) is 2.21. The number of thiocarbonyl (C=S) groups is 1. The predicted octanol–water partition coefficient (Wildman–Crippen LogP) is 4.43. The van der Waals surface area contributed by atoms with Crippen LogP contribution < -0.4 is 15.5 Å². The minimum Gasteiger partial charge on any atom is -0.368 e. The fourth-order valence-corrected chi connectivity index (χ4v) is 3.64. The molecule has 2 aromatic rings. The van der Waals surface area contributed by atoms with E-state index >= 15 is 0 Å². The number of benzene rings is 2. The molecule has 0 saturated heterocycles. The van der Waals surface area contributed by atoms with Crippen molar-refractivity contribution in [3.63, 3.8) is 0 Å². The van der Waals surface area contributed by atoms with Gasteiger partial charge >= 0.3 is 0 Å². The van der Waals surface area contributed by atoms with Crippen LogP contribution in [0, 0.1) is 13.8 Å². The molecular formula is C21H27N3S. The quantitative estimate of drug-likeness (QED) is 0.614. The first kappa shape index (κ1) is 17.7. The Morgan fingerprint density at radius 3 is 2.76 bits per heavy atom. The maximum absolute atomic E-state index is 5.41. The fourth-order valence-electron chi connectivity index (χ4n) is 3.42. The number of hydrogen-bond donors (Lipinski definition) is 2. The number of fused-ring (bicyclic) bond motifs is 1. The largest absolute Gasteiger partial charge is 0.368 e. The highest BCUT2D eigenvalue weighted by Gasteiger charge is 2.24. The Balaban J connectivity index is 1.44. The summed E-state index contributed by atoms with van der Waals surface area (Å²) in [7, 11) is 0. The van der Waals surface area contributed by atoms with E-state index < -0.39 is 0 Å². The van der Waals surface area contributed by atoms with Crippen LogP contribution in [0.4, 0.5) is 11.4 Å². The zero-order chi connectivity index (χ0) is 17.8. The molecule has 3 nitrogen and oxygen atoms in total. The average Bonchev–Trinajstić information content (AvgIpc) is 2.90. The van der Waals surface area contributed by atoms with Crippen LogP contribution in [0.3, 0.4) is 0 Å². The number of nitrogens with one attached hydrogen (secondary N) is 2. The molecule has 0 aromatic heterocycles. The summed E-state index contributed by atoms with van der Waals surface area (Å²) in [5.41, 5.74) is 6.47. The predicted molar refractivity (Wildman–Crippen MR) is 112 cm³/mol. The molecule has 25 heavy (non-hydrogen) atoms. The molecule has 0 saturated carbocycles. The van der Waals surface area contributed by atoms with Crippen molar-refractivity contribution in [2.75, 3.05) is 23.3 Å². The van der Waals surface area contributed by atoms with Crippen molar-refractivity contribution in [3.8, 4) is 0 Å². The van der Waals surface area contributed by atoms with E-state index in [1.54, 1.807) is 0 Å². The van der Waals surface area contributed by atoms with Crippen LogP contribution in [-0.4, -0.2) is 24.2 Å². The zero-order valence-electron chi connectivity index (χ0n) is 15.3. The molecule has 3 rings (SSSR count). The third-order valence-electron chi connectivity index (χ3n) is 4.97. The average molecular weight is 354 g/mol. The van der Waals surface area contributed by atoms with E-state index in [0.717, 1.165) is 31.6 Å². The molecule has 0 radical (unpaired) electrons. The SMILES string of the molecule is Cc1ccc(NC(=S)NCCCN2c3ccccc3CC2C)cc1C. The van der Waals surface area contributed by atoms with E-state index in [9.17, 15) is 0 Å². The number of nitrogens with zero attached hydrogens (tertiary/aromatic N) is 1. The molecule has 1 aliphatic rings. The van der Waals surface area contributed by atoms with Gasteiger partial charge in [-0.1, -0.05) is 24.3 Å². The van der Waals surface area contributed by atoms with Crippen LogP contribution >= 0.6 is 12.2 Å². The lowest BCUT2D eigenvalue weighted by Crippen LogP contribution is -2.34. The van der Waals surface area contributed by atoms with Crippen LogP contribution in [0.25, 0.3) is 0 Å². The van der Waals surface area contributed by atoms with E-state index in [-0.39, 0.29) is 0 Å². The fraction of sp³-hybridized carbons (Fsp3) is 0.381. The van der Waals surface area contributed by atoms with E-state index in [2.05, 4.69) is 78.8 Å². The zero-order valence-corrected chi connectivity index (χ0v) is 16.1. The Morgan fingerprint density at radius 1 is 1.16 bits per heavy atom. The Kier molecular flexibility index (Phi) is 5.59. The molecule has 0 spiro atoms. The summed E-state index contributed by atoms with van der Waals surface area (Å²) in [4.78, 5) is 2.51. The number of para-hydroxylation sites is 1. The highest BCUT2D eigenvalue weighted by atomic mass is 32.1. The van der Waals surface area contributed by atoms with E-state index in [1.165, 1.54) is 22.4 Å². The van der Waals surface area contributed by atoms with Crippen molar-refractivity contribution in [3.05, 3.63) is 59.2 Å². The van der Waals surface area contributed by atoms with Gasteiger partial charge in [0.25, 0.3) is 0 Å². The molecule has 4 heteroatoms. The maximum atomic E-state index is 5.41. The van der Waals surface area contributed by atoms with Gasteiger partial charge in [0.15, 0.2) is 5.11 Å². The summed E-state index contributed by atoms with van der Waals surface area (Å²) >= 11 is 5.41. The third-order valence-corrected chi connectivity index (χ3v) is 5.22. The molecule has 1 heterocycles. The van der Waals surface area contributed by atoms with Crippen LogP contribution in [0.1, 0.15) is 30.0 Å². The summed E-state index contributed by atoms with van der Waals surface area (Å²) in [6.45, 7) is 8.47. The van der Waals surface area contributed by atoms with Crippen molar-refractivity contribution < 1.29 is 0 Å². The maximum Gasteiger partial charge on any atom is 0.170 e. The second-order valence-electron chi connectivity index (χ2n) is 6.91. The third kappa shape index (κ3) is 4.31. The van der Waals surface area contributed by atoms with Crippen molar-refractivity contribution in [2.24, 2.45) is 0 Å². The van der Waals surface area contributed by atoms with E-state index in [0.29, 0.717) is 11.2 Å². The van der Waals surface area contributed by atoms with Crippen LogP contribution in [0.5, 0.6) is 0 Å². The van der Waals surface area contributed by atoms with Crippen molar-refractivity contribution in [2.45, 2.75) is 39.7 Å². The first-order valence-electron chi connectivity index (χ1n) is 9.01. The first-order chi connectivity index (χ1) is 12.0. The van der Waals surface area contributed by atoms with Gasteiger partial charge in [0.2, 0.25) is 0 Å². The molecule has 0 aliphatic carbocycles.